The number of aromatic nitrogens is 2. The van der Waals surface area contributed by atoms with Crippen LogP contribution in [0.3, 0.4) is 0 Å². The fourth-order valence-electron chi connectivity index (χ4n) is 1.81. The van der Waals surface area contributed by atoms with E-state index in [1.54, 1.807) is 11.8 Å². The molecule has 1 fully saturated rings. The highest BCUT2D eigenvalue weighted by Crippen LogP contribution is 2.19. The molecule has 0 aliphatic carbocycles. The van der Waals surface area contributed by atoms with Gasteiger partial charge in [0.2, 0.25) is 11.9 Å². The highest BCUT2D eigenvalue weighted by atomic mass is 35.5. The normalized spacial score (nSPS) is 17.1. The minimum Gasteiger partial charge on any atom is -0.378 e. The molecule has 0 aromatic carbocycles. The van der Waals surface area contributed by atoms with Crippen LogP contribution in [0.5, 0.6) is 0 Å². The molecule has 0 bridgehead atoms. The summed E-state index contributed by atoms with van der Waals surface area (Å²) in [5.41, 5.74) is 5.49. The van der Waals surface area contributed by atoms with Gasteiger partial charge in [0, 0.05) is 13.1 Å². The Labute approximate surface area is 116 Å². The van der Waals surface area contributed by atoms with Crippen molar-refractivity contribution < 1.29 is 9.53 Å². The van der Waals surface area contributed by atoms with E-state index in [0.717, 1.165) is 0 Å². The number of halogens is 1. The van der Waals surface area contributed by atoms with Crippen LogP contribution in [-0.2, 0) is 9.53 Å². The first-order valence-corrected chi connectivity index (χ1v) is 6.37. The molecule has 1 atom stereocenters. The number of carbonyl (C=O) groups excluding carboxylic acids is 1. The predicted molar refractivity (Wildman–Crippen MR) is 71.9 cm³/mol. The van der Waals surface area contributed by atoms with Crippen molar-refractivity contribution in [3.8, 4) is 0 Å². The Kier molecular flexibility index (Phi) is 4.39. The summed E-state index contributed by atoms with van der Waals surface area (Å²) in [7, 11) is 0. The van der Waals surface area contributed by atoms with Gasteiger partial charge in [-0.1, -0.05) is 11.6 Å². The number of hydrogen-bond donors (Lipinski definition) is 2. The van der Waals surface area contributed by atoms with Crippen LogP contribution in [0.4, 0.5) is 11.8 Å². The molecule has 1 aromatic rings. The Hall–Kier alpha value is -1.60. The summed E-state index contributed by atoms with van der Waals surface area (Å²) in [6.07, 6.45) is 1.40. The molecule has 1 amide bonds. The van der Waals surface area contributed by atoms with Gasteiger partial charge < -0.3 is 20.7 Å². The zero-order chi connectivity index (χ0) is 13.8. The fourth-order valence-corrected chi connectivity index (χ4v) is 1.95. The molecule has 8 heteroatoms. The number of nitrogens with zero attached hydrogens (tertiary/aromatic N) is 3. The number of morpholine rings is 1. The van der Waals surface area contributed by atoms with Gasteiger partial charge in [0.15, 0.2) is 5.82 Å². The van der Waals surface area contributed by atoms with Crippen LogP contribution in [0.25, 0.3) is 0 Å². The van der Waals surface area contributed by atoms with E-state index in [-0.39, 0.29) is 11.9 Å². The van der Waals surface area contributed by atoms with Gasteiger partial charge in [0.25, 0.3) is 0 Å². The molecule has 1 saturated heterocycles. The summed E-state index contributed by atoms with van der Waals surface area (Å²) in [4.78, 5) is 21.7. The quantitative estimate of drug-likeness (QED) is 0.833. The van der Waals surface area contributed by atoms with Crippen molar-refractivity contribution in [1.82, 2.24) is 14.9 Å². The van der Waals surface area contributed by atoms with Gasteiger partial charge in [-0.05, 0) is 6.92 Å². The fraction of sp³-hybridized carbons (Fsp3) is 0.545. The second-order valence-corrected chi connectivity index (χ2v) is 4.64. The maximum absolute atomic E-state index is 12.2. The molecule has 1 aliphatic heterocycles. The first-order chi connectivity index (χ1) is 9.08. The van der Waals surface area contributed by atoms with E-state index in [4.69, 9.17) is 22.1 Å². The number of hydrogen-bond acceptors (Lipinski definition) is 6. The standard InChI is InChI=1S/C11H16ClN5O2/c1-7(10(18)17-2-4-19-5-3-17)15-9-8(12)6-14-11(13)16-9/h6-7H,2-5H2,1H3,(H3,13,14,15,16). The van der Waals surface area contributed by atoms with Crippen molar-refractivity contribution in [3.63, 3.8) is 0 Å². The van der Waals surface area contributed by atoms with E-state index >= 15 is 0 Å². The highest BCUT2D eigenvalue weighted by molar-refractivity contribution is 6.32. The average molecular weight is 286 g/mol. The third kappa shape index (κ3) is 3.45. The van der Waals surface area contributed by atoms with Crippen molar-refractivity contribution in [3.05, 3.63) is 11.2 Å². The summed E-state index contributed by atoms with van der Waals surface area (Å²) in [6, 6.07) is -0.440. The zero-order valence-corrected chi connectivity index (χ0v) is 11.4. The first-order valence-electron chi connectivity index (χ1n) is 5.99. The number of nitrogens with two attached hydrogens (primary N) is 1. The molecule has 19 heavy (non-hydrogen) atoms. The summed E-state index contributed by atoms with van der Waals surface area (Å²) >= 11 is 5.94. The van der Waals surface area contributed by atoms with E-state index in [1.807, 2.05) is 0 Å². The molecule has 1 aliphatic rings. The maximum Gasteiger partial charge on any atom is 0.244 e. The zero-order valence-electron chi connectivity index (χ0n) is 10.6. The van der Waals surface area contributed by atoms with Gasteiger partial charge in [-0.2, -0.15) is 4.98 Å². The molecular formula is C11H16ClN5O2. The lowest BCUT2D eigenvalue weighted by Gasteiger charge is -2.29. The molecule has 2 rings (SSSR count). The van der Waals surface area contributed by atoms with Crippen molar-refractivity contribution in [2.24, 2.45) is 0 Å². The van der Waals surface area contributed by atoms with Gasteiger partial charge >= 0.3 is 0 Å². The van der Waals surface area contributed by atoms with E-state index in [9.17, 15) is 4.79 Å². The van der Waals surface area contributed by atoms with Crippen molar-refractivity contribution in [2.75, 3.05) is 37.4 Å². The van der Waals surface area contributed by atoms with Gasteiger partial charge in [0.05, 0.1) is 19.4 Å². The van der Waals surface area contributed by atoms with E-state index in [1.165, 1.54) is 6.20 Å². The Balaban J connectivity index is 2.01. The molecule has 0 radical (unpaired) electrons. The maximum atomic E-state index is 12.2. The molecule has 1 aromatic heterocycles. The van der Waals surface area contributed by atoms with Crippen LogP contribution in [0.1, 0.15) is 6.92 Å². The number of amides is 1. The number of nitrogens with one attached hydrogen (secondary N) is 1. The van der Waals surface area contributed by atoms with E-state index in [2.05, 4.69) is 15.3 Å². The Morgan fingerprint density at radius 2 is 2.26 bits per heavy atom. The molecule has 0 spiro atoms. The third-order valence-corrected chi connectivity index (χ3v) is 3.09. The number of nitrogen functional groups attached to an aromatic ring is 1. The van der Waals surface area contributed by atoms with Gasteiger partial charge in [-0.15, -0.1) is 0 Å². The summed E-state index contributed by atoms with van der Waals surface area (Å²) in [6.45, 7) is 4.10. The lowest BCUT2D eigenvalue weighted by atomic mass is 10.2. The monoisotopic (exact) mass is 285 g/mol. The third-order valence-electron chi connectivity index (χ3n) is 2.81. The summed E-state index contributed by atoms with van der Waals surface area (Å²) < 4.78 is 5.21. The summed E-state index contributed by atoms with van der Waals surface area (Å²) in [5.74, 6) is 0.456. The second kappa shape index (κ2) is 6.03. The van der Waals surface area contributed by atoms with Gasteiger partial charge in [-0.25, -0.2) is 4.98 Å². The highest BCUT2D eigenvalue weighted by Gasteiger charge is 2.23. The predicted octanol–water partition coefficient (Wildman–Crippen LogP) is 0.371. The molecule has 104 valence electrons. The molecule has 7 nitrogen and oxygen atoms in total. The Morgan fingerprint density at radius 3 is 2.95 bits per heavy atom. The Morgan fingerprint density at radius 1 is 1.58 bits per heavy atom. The van der Waals surface area contributed by atoms with Crippen LogP contribution >= 0.6 is 11.6 Å². The smallest absolute Gasteiger partial charge is 0.244 e. The van der Waals surface area contributed by atoms with Gasteiger partial charge in [-0.3, -0.25) is 4.79 Å². The molecule has 3 N–H and O–H groups in total. The molecule has 1 unspecified atom stereocenters. The van der Waals surface area contributed by atoms with E-state index in [0.29, 0.717) is 37.1 Å². The van der Waals surface area contributed by atoms with Gasteiger partial charge in [0.1, 0.15) is 11.1 Å². The van der Waals surface area contributed by atoms with E-state index < -0.39 is 6.04 Å². The number of rotatable bonds is 3. The number of ether oxygens (including phenoxy) is 1. The second-order valence-electron chi connectivity index (χ2n) is 4.23. The van der Waals surface area contributed by atoms with Crippen molar-refractivity contribution in [1.29, 1.82) is 0 Å². The first kappa shape index (κ1) is 13.8. The number of anilines is 2. The van der Waals surface area contributed by atoms with Crippen LogP contribution in [0.15, 0.2) is 6.20 Å². The topological polar surface area (TPSA) is 93.4 Å². The van der Waals surface area contributed by atoms with Crippen molar-refractivity contribution >= 4 is 29.3 Å². The van der Waals surface area contributed by atoms with Crippen LogP contribution in [0, 0.1) is 0 Å². The SMILES string of the molecule is CC(Nc1nc(N)ncc1Cl)C(=O)N1CCOCC1. The van der Waals surface area contributed by atoms with Crippen LogP contribution in [-0.4, -0.2) is 53.1 Å². The lowest BCUT2D eigenvalue weighted by Crippen LogP contribution is -2.47. The average Bonchev–Trinajstić information content (AvgIpc) is 2.43. The molecular weight excluding hydrogens is 270 g/mol. The van der Waals surface area contributed by atoms with Crippen molar-refractivity contribution in [2.45, 2.75) is 13.0 Å². The summed E-state index contributed by atoms with van der Waals surface area (Å²) in [5, 5.41) is 3.28. The Bertz CT molecular complexity index is 464. The van der Waals surface area contributed by atoms with Crippen LogP contribution in [0.2, 0.25) is 5.02 Å². The van der Waals surface area contributed by atoms with Crippen LogP contribution < -0.4 is 11.1 Å². The largest absolute Gasteiger partial charge is 0.378 e. The minimum absolute atomic E-state index is 0.0171. The lowest BCUT2D eigenvalue weighted by molar-refractivity contribution is -0.135. The molecule has 0 saturated carbocycles. The minimum atomic E-state index is -0.440. The molecule has 2 heterocycles. The number of carbonyl (C=O) groups is 1.